The number of rotatable bonds is 9. The number of amides is 3. The maximum Gasteiger partial charge on any atom is 0.319 e. The molecule has 0 atom stereocenters. The Bertz CT molecular complexity index is 1040. The molecular weight excluding hydrogens is 493 g/mol. The molecule has 0 spiro atoms. The highest BCUT2D eigenvalue weighted by Crippen LogP contribution is 2.37. The molecular formula is C24H31Cl2N5O2S. The van der Waals surface area contributed by atoms with Crippen LogP contribution in [-0.4, -0.2) is 54.5 Å². The molecule has 3 heterocycles. The second kappa shape index (κ2) is 11.7. The summed E-state index contributed by atoms with van der Waals surface area (Å²) in [6.45, 7) is 6.14. The molecule has 1 saturated heterocycles. The van der Waals surface area contributed by atoms with Gasteiger partial charge in [0.05, 0.1) is 5.56 Å². The van der Waals surface area contributed by atoms with Gasteiger partial charge in [0.2, 0.25) is 0 Å². The first-order valence-corrected chi connectivity index (χ1v) is 13.4. The molecule has 0 radical (unpaired) electrons. The molecule has 0 unspecified atom stereocenters. The Kier molecular flexibility index (Phi) is 8.71. The number of nitrogens with one attached hydrogen (secondary N) is 2. The molecule has 0 aliphatic carbocycles. The lowest BCUT2D eigenvalue weighted by Gasteiger charge is -2.27. The third-order valence-electron chi connectivity index (χ3n) is 6.40. The zero-order chi connectivity index (χ0) is 24.1. The van der Waals surface area contributed by atoms with Crippen molar-refractivity contribution < 1.29 is 9.59 Å². The monoisotopic (exact) mass is 523 g/mol. The number of nitrogens with two attached hydrogens (primary N) is 1. The molecule has 7 nitrogen and oxygen atoms in total. The van der Waals surface area contributed by atoms with Gasteiger partial charge in [0.1, 0.15) is 5.00 Å². The molecule has 184 valence electrons. The highest BCUT2D eigenvalue weighted by atomic mass is 35.5. The Balaban J connectivity index is 1.33. The molecule has 4 N–H and O–H groups in total. The Morgan fingerprint density at radius 2 is 1.88 bits per heavy atom. The average Bonchev–Trinajstić information content (AvgIpc) is 3.43. The standard InChI is InChI=1S/C24H31Cl2N5O2S/c25-17-5-6-19(26)16(13-17)14-31-12-7-18-20(15-31)34-23(21(18)22(27)32)29-24(33)28-8-1-2-9-30-10-3-4-11-30/h5-6,13H,1-4,7-12,14-15H2,(H2,27,32)(H2,28,29,33). The summed E-state index contributed by atoms with van der Waals surface area (Å²) in [5, 5.41) is 7.62. The van der Waals surface area contributed by atoms with E-state index in [2.05, 4.69) is 20.4 Å². The number of fused-ring (bicyclic) bond motifs is 1. The maximum absolute atomic E-state index is 12.5. The number of benzene rings is 1. The van der Waals surface area contributed by atoms with Gasteiger partial charge in [-0.05, 0) is 81.1 Å². The lowest BCUT2D eigenvalue weighted by Crippen LogP contribution is -2.31. The van der Waals surface area contributed by atoms with E-state index in [-0.39, 0.29) is 6.03 Å². The van der Waals surface area contributed by atoms with Gasteiger partial charge in [0.15, 0.2) is 0 Å². The van der Waals surface area contributed by atoms with E-state index in [1.165, 1.54) is 37.3 Å². The zero-order valence-electron chi connectivity index (χ0n) is 19.2. The summed E-state index contributed by atoms with van der Waals surface area (Å²) < 4.78 is 0. The topological polar surface area (TPSA) is 90.7 Å². The molecule has 1 fully saturated rings. The van der Waals surface area contributed by atoms with Gasteiger partial charge in [-0.25, -0.2) is 4.79 Å². The van der Waals surface area contributed by atoms with Crippen molar-refractivity contribution in [3.8, 4) is 0 Å². The Morgan fingerprint density at radius 3 is 2.65 bits per heavy atom. The van der Waals surface area contributed by atoms with Crippen LogP contribution in [0.3, 0.4) is 0 Å². The van der Waals surface area contributed by atoms with Crippen LogP contribution in [0.4, 0.5) is 9.80 Å². The molecule has 2 aliphatic rings. The van der Waals surface area contributed by atoms with Gasteiger partial charge in [-0.2, -0.15) is 0 Å². The molecule has 1 aromatic carbocycles. The summed E-state index contributed by atoms with van der Waals surface area (Å²) in [6.07, 6.45) is 5.25. The van der Waals surface area contributed by atoms with Gasteiger partial charge in [0.25, 0.3) is 5.91 Å². The number of anilines is 1. The van der Waals surface area contributed by atoms with Crippen molar-refractivity contribution in [2.45, 2.75) is 45.2 Å². The van der Waals surface area contributed by atoms with Crippen LogP contribution in [0.5, 0.6) is 0 Å². The van der Waals surface area contributed by atoms with E-state index in [4.69, 9.17) is 28.9 Å². The molecule has 2 aromatic rings. The molecule has 3 amide bonds. The fourth-order valence-corrected chi connectivity index (χ4v) is 6.32. The Hall–Kier alpha value is -1.84. The van der Waals surface area contributed by atoms with Crippen LogP contribution in [0, 0.1) is 0 Å². The third kappa shape index (κ3) is 6.43. The van der Waals surface area contributed by atoms with Crippen molar-refractivity contribution in [1.29, 1.82) is 0 Å². The summed E-state index contributed by atoms with van der Waals surface area (Å²) in [7, 11) is 0. The Labute approximate surface area is 214 Å². The fourth-order valence-electron chi connectivity index (χ4n) is 4.66. The van der Waals surface area contributed by atoms with E-state index in [9.17, 15) is 9.59 Å². The number of halogens is 2. The number of primary amides is 1. The van der Waals surface area contributed by atoms with Crippen LogP contribution in [0.1, 0.15) is 52.0 Å². The number of unbranched alkanes of at least 4 members (excludes halogenated alkanes) is 1. The quantitative estimate of drug-likeness (QED) is 0.415. The van der Waals surface area contributed by atoms with E-state index in [1.807, 2.05) is 6.07 Å². The van der Waals surface area contributed by atoms with Gasteiger partial charge in [-0.15, -0.1) is 11.3 Å². The first kappa shape index (κ1) is 25.3. The van der Waals surface area contributed by atoms with Gasteiger partial charge < -0.3 is 16.0 Å². The second-order valence-corrected chi connectivity index (χ2v) is 10.9. The van der Waals surface area contributed by atoms with Crippen LogP contribution in [0.2, 0.25) is 10.0 Å². The molecule has 0 saturated carbocycles. The second-order valence-electron chi connectivity index (χ2n) is 8.91. The average molecular weight is 525 g/mol. The van der Waals surface area contributed by atoms with Crippen molar-refractivity contribution in [3.05, 3.63) is 49.8 Å². The summed E-state index contributed by atoms with van der Waals surface area (Å²) >= 11 is 13.9. The number of urea groups is 1. The predicted octanol–water partition coefficient (Wildman–Crippen LogP) is 4.71. The number of hydrogen-bond acceptors (Lipinski definition) is 5. The van der Waals surface area contributed by atoms with Gasteiger partial charge in [-0.1, -0.05) is 23.2 Å². The number of nitrogens with zero attached hydrogens (tertiary/aromatic N) is 2. The number of likely N-dealkylation sites (tertiary alicyclic amines) is 1. The molecule has 0 bridgehead atoms. The lowest BCUT2D eigenvalue weighted by molar-refractivity contribution is 0.0999. The number of carbonyl (C=O) groups excluding carboxylic acids is 2. The van der Waals surface area contributed by atoms with Crippen LogP contribution >= 0.6 is 34.5 Å². The SMILES string of the molecule is NC(=O)c1c(NC(=O)NCCCCN2CCCC2)sc2c1CCN(Cc1cc(Cl)ccc1Cl)C2. The van der Waals surface area contributed by atoms with Gasteiger partial charge in [0, 0.05) is 41.1 Å². The van der Waals surface area contributed by atoms with Crippen molar-refractivity contribution in [2.75, 3.05) is 38.0 Å². The Morgan fingerprint density at radius 1 is 1.09 bits per heavy atom. The third-order valence-corrected chi connectivity index (χ3v) is 8.13. The van der Waals surface area contributed by atoms with E-state index in [0.717, 1.165) is 41.9 Å². The minimum absolute atomic E-state index is 0.301. The molecule has 1 aromatic heterocycles. The minimum Gasteiger partial charge on any atom is -0.365 e. The largest absolute Gasteiger partial charge is 0.365 e. The maximum atomic E-state index is 12.5. The van der Waals surface area contributed by atoms with Gasteiger partial charge in [-0.3, -0.25) is 15.0 Å². The van der Waals surface area contributed by atoms with Gasteiger partial charge >= 0.3 is 6.03 Å². The highest BCUT2D eigenvalue weighted by Gasteiger charge is 2.28. The highest BCUT2D eigenvalue weighted by molar-refractivity contribution is 7.17. The molecule has 10 heteroatoms. The normalized spacial score (nSPS) is 16.4. The van der Waals surface area contributed by atoms with Crippen molar-refractivity contribution in [3.63, 3.8) is 0 Å². The van der Waals surface area contributed by atoms with Crippen molar-refractivity contribution in [2.24, 2.45) is 5.73 Å². The zero-order valence-corrected chi connectivity index (χ0v) is 21.5. The van der Waals surface area contributed by atoms with Crippen LogP contribution in [0.25, 0.3) is 0 Å². The lowest BCUT2D eigenvalue weighted by atomic mass is 10.0. The number of thiophene rings is 1. The molecule has 4 rings (SSSR count). The van der Waals surface area contributed by atoms with E-state index < -0.39 is 5.91 Å². The first-order valence-electron chi connectivity index (χ1n) is 11.8. The van der Waals surface area contributed by atoms with E-state index in [1.54, 1.807) is 12.1 Å². The number of carbonyl (C=O) groups is 2. The first-order chi connectivity index (χ1) is 16.4. The smallest absolute Gasteiger partial charge is 0.319 e. The predicted molar refractivity (Wildman–Crippen MR) is 139 cm³/mol. The number of hydrogen-bond donors (Lipinski definition) is 3. The summed E-state index contributed by atoms with van der Waals surface area (Å²) in [5.41, 5.74) is 8.03. The van der Waals surface area contributed by atoms with Crippen LogP contribution in [0.15, 0.2) is 18.2 Å². The minimum atomic E-state index is -0.509. The van der Waals surface area contributed by atoms with E-state index >= 15 is 0 Å². The van der Waals surface area contributed by atoms with Crippen molar-refractivity contribution >= 4 is 51.5 Å². The summed E-state index contributed by atoms with van der Waals surface area (Å²) in [4.78, 5) is 30.5. The molecule has 2 aliphatic heterocycles. The summed E-state index contributed by atoms with van der Waals surface area (Å²) in [6, 6.07) is 5.16. The fraction of sp³-hybridized carbons (Fsp3) is 0.500. The van der Waals surface area contributed by atoms with Crippen LogP contribution < -0.4 is 16.4 Å². The van der Waals surface area contributed by atoms with Crippen LogP contribution in [-0.2, 0) is 19.5 Å². The molecule has 34 heavy (non-hydrogen) atoms. The van der Waals surface area contributed by atoms with Crippen molar-refractivity contribution in [1.82, 2.24) is 15.1 Å². The summed E-state index contributed by atoms with van der Waals surface area (Å²) in [5.74, 6) is -0.509. The van der Waals surface area contributed by atoms with E-state index in [0.29, 0.717) is 46.7 Å².